The van der Waals surface area contributed by atoms with E-state index in [9.17, 15) is 4.79 Å². The van der Waals surface area contributed by atoms with Crippen molar-refractivity contribution in [2.45, 2.75) is 111 Å². The number of hydrogen-bond donors (Lipinski definition) is 0. The van der Waals surface area contributed by atoms with Gasteiger partial charge in [0.1, 0.15) is 6.61 Å². The minimum absolute atomic E-state index is 0.121. The zero-order valence-electron chi connectivity index (χ0n) is 17.4. The van der Waals surface area contributed by atoms with Gasteiger partial charge >= 0.3 is 5.97 Å². The molecule has 0 heterocycles. The monoisotopic (exact) mass is 350 g/mol. The molecule has 0 rings (SSSR count). The highest BCUT2D eigenvalue weighted by Crippen LogP contribution is 2.14. The predicted molar refractivity (Wildman–Crippen MR) is 110 cm³/mol. The molecule has 146 valence electrons. The van der Waals surface area contributed by atoms with E-state index in [1.54, 1.807) is 0 Å². The van der Waals surface area contributed by atoms with Crippen molar-refractivity contribution in [3.8, 4) is 0 Å². The van der Waals surface area contributed by atoms with E-state index < -0.39 is 0 Å². The van der Waals surface area contributed by atoms with Crippen LogP contribution in [0.1, 0.15) is 111 Å². The van der Waals surface area contributed by atoms with E-state index in [1.807, 2.05) is 13.0 Å². The second-order valence-electron chi connectivity index (χ2n) is 7.25. The Morgan fingerprint density at radius 3 is 1.92 bits per heavy atom. The number of carbonyl (C=O) groups excluding carboxylic acids is 1. The lowest BCUT2D eigenvalue weighted by Gasteiger charge is -2.04. The summed E-state index contributed by atoms with van der Waals surface area (Å²) in [4.78, 5) is 11.1. The first kappa shape index (κ1) is 23.9. The topological polar surface area (TPSA) is 26.3 Å². The van der Waals surface area contributed by atoms with Crippen molar-refractivity contribution in [2.24, 2.45) is 0 Å². The molecule has 0 aromatic rings. The van der Waals surface area contributed by atoms with Crippen molar-refractivity contribution >= 4 is 5.97 Å². The van der Waals surface area contributed by atoms with Crippen LogP contribution in [0.2, 0.25) is 0 Å². The van der Waals surface area contributed by atoms with Gasteiger partial charge in [0.2, 0.25) is 0 Å². The molecular weight excluding hydrogens is 308 g/mol. The zero-order valence-corrected chi connectivity index (χ0v) is 17.4. The fourth-order valence-corrected chi connectivity index (χ4v) is 2.86. The molecule has 0 saturated heterocycles. The Bertz CT molecular complexity index is 380. The van der Waals surface area contributed by atoms with Crippen molar-refractivity contribution in [1.82, 2.24) is 0 Å². The molecule has 0 aromatic carbocycles. The summed E-state index contributed by atoms with van der Waals surface area (Å²) in [5.74, 6) is -0.121. The number of ether oxygens (including phenoxy) is 1. The summed E-state index contributed by atoms with van der Waals surface area (Å²) < 4.78 is 5.08. The smallest absolute Gasteiger partial charge is 0.305 e. The Balaban J connectivity index is 3.58. The Hall–Kier alpha value is -1.05. The molecule has 0 amide bonds. The van der Waals surface area contributed by atoms with Crippen LogP contribution < -0.4 is 0 Å². The van der Waals surface area contributed by atoms with E-state index in [0.29, 0.717) is 13.0 Å². The lowest BCUT2D eigenvalue weighted by atomic mass is 10.0. The Morgan fingerprint density at radius 2 is 1.32 bits per heavy atom. The molecule has 2 nitrogen and oxygen atoms in total. The number of carbonyl (C=O) groups is 1. The van der Waals surface area contributed by atoms with Gasteiger partial charge in [-0.1, -0.05) is 76.0 Å². The molecule has 0 spiro atoms. The van der Waals surface area contributed by atoms with Gasteiger partial charge in [0.25, 0.3) is 0 Å². The SMILES string of the molecule is CCCCCCCCCCC=C(C)CCC/C(C)=C\COC(=O)CC. The standard InChI is InChI=1S/C23H42O2/c1-5-7-8-9-10-11-12-13-14-16-21(3)17-15-18-22(4)19-20-25-23(24)6-2/h16,19H,5-15,17-18,20H2,1-4H3/b21-16?,22-19-. The molecule has 0 atom stereocenters. The third-order valence-corrected chi connectivity index (χ3v) is 4.66. The average molecular weight is 351 g/mol. The number of hydrogen-bond acceptors (Lipinski definition) is 2. The fourth-order valence-electron chi connectivity index (χ4n) is 2.86. The van der Waals surface area contributed by atoms with E-state index in [2.05, 4.69) is 26.8 Å². The number of rotatable bonds is 16. The number of unbranched alkanes of at least 4 members (excludes halogenated alkanes) is 8. The molecule has 0 aliphatic rings. The largest absolute Gasteiger partial charge is 0.461 e. The van der Waals surface area contributed by atoms with E-state index in [0.717, 1.165) is 6.42 Å². The van der Waals surface area contributed by atoms with Gasteiger partial charge in [-0.15, -0.1) is 0 Å². The number of esters is 1. The van der Waals surface area contributed by atoms with Gasteiger partial charge in [0.15, 0.2) is 0 Å². The molecule has 2 heteroatoms. The Labute approximate surface area is 157 Å². The quantitative estimate of drug-likeness (QED) is 0.163. The maximum Gasteiger partial charge on any atom is 0.305 e. The molecule has 0 fully saturated rings. The molecule has 0 aliphatic heterocycles. The summed E-state index contributed by atoms with van der Waals surface area (Å²) in [5, 5.41) is 0. The minimum atomic E-state index is -0.121. The summed E-state index contributed by atoms with van der Waals surface area (Å²) in [6, 6.07) is 0. The van der Waals surface area contributed by atoms with Crippen LogP contribution in [0.5, 0.6) is 0 Å². The van der Waals surface area contributed by atoms with Crippen LogP contribution in [0.3, 0.4) is 0 Å². The van der Waals surface area contributed by atoms with Crippen molar-refractivity contribution in [1.29, 1.82) is 0 Å². The molecule has 0 saturated carbocycles. The molecular formula is C23H42O2. The summed E-state index contributed by atoms with van der Waals surface area (Å²) in [7, 11) is 0. The van der Waals surface area contributed by atoms with Gasteiger partial charge in [-0.05, 0) is 52.0 Å². The highest BCUT2D eigenvalue weighted by molar-refractivity contribution is 5.68. The van der Waals surface area contributed by atoms with E-state index in [-0.39, 0.29) is 5.97 Å². The molecule has 0 aliphatic carbocycles. The zero-order chi connectivity index (χ0) is 18.8. The molecule has 0 bridgehead atoms. The van der Waals surface area contributed by atoms with Gasteiger partial charge < -0.3 is 4.74 Å². The Morgan fingerprint density at radius 1 is 0.760 bits per heavy atom. The first-order chi connectivity index (χ1) is 12.1. The summed E-state index contributed by atoms with van der Waals surface area (Å²) >= 11 is 0. The van der Waals surface area contributed by atoms with Crippen LogP contribution in [0.4, 0.5) is 0 Å². The van der Waals surface area contributed by atoms with Crippen LogP contribution in [-0.2, 0) is 9.53 Å². The molecule has 0 unspecified atom stereocenters. The van der Waals surface area contributed by atoms with Crippen LogP contribution in [0.25, 0.3) is 0 Å². The van der Waals surface area contributed by atoms with E-state index in [1.165, 1.54) is 81.8 Å². The maximum absolute atomic E-state index is 11.1. The molecule has 25 heavy (non-hydrogen) atoms. The lowest BCUT2D eigenvalue weighted by molar-refractivity contribution is -0.141. The predicted octanol–water partition coefficient (Wildman–Crippen LogP) is 7.53. The normalized spacial score (nSPS) is 12.5. The van der Waals surface area contributed by atoms with Gasteiger partial charge in [0, 0.05) is 6.42 Å². The molecule has 0 N–H and O–H groups in total. The second-order valence-corrected chi connectivity index (χ2v) is 7.25. The fraction of sp³-hybridized carbons (Fsp3) is 0.783. The van der Waals surface area contributed by atoms with E-state index >= 15 is 0 Å². The second kappa shape index (κ2) is 17.8. The van der Waals surface area contributed by atoms with Gasteiger partial charge in [-0.25, -0.2) is 0 Å². The summed E-state index contributed by atoms with van der Waals surface area (Å²) in [6.45, 7) is 8.90. The molecule has 0 aromatic heterocycles. The van der Waals surface area contributed by atoms with Gasteiger partial charge in [-0.3, -0.25) is 4.79 Å². The van der Waals surface area contributed by atoms with Crippen LogP contribution in [0, 0.1) is 0 Å². The Kier molecular flexibility index (Phi) is 17.0. The third kappa shape index (κ3) is 17.6. The van der Waals surface area contributed by atoms with Crippen molar-refractivity contribution in [3.63, 3.8) is 0 Å². The van der Waals surface area contributed by atoms with Crippen molar-refractivity contribution in [2.75, 3.05) is 6.61 Å². The third-order valence-electron chi connectivity index (χ3n) is 4.66. The highest BCUT2D eigenvalue weighted by atomic mass is 16.5. The van der Waals surface area contributed by atoms with Crippen LogP contribution in [0.15, 0.2) is 23.3 Å². The van der Waals surface area contributed by atoms with Crippen LogP contribution in [-0.4, -0.2) is 12.6 Å². The van der Waals surface area contributed by atoms with E-state index in [4.69, 9.17) is 4.74 Å². The van der Waals surface area contributed by atoms with Gasteiger partial charge in [0.05, 0.1) is 0 Å². The maximum atomic E-state index is 11.1. The summed E-state index contributed by atoms with van der Waals surface area (Å²) in [6.07, 6.45) is 20.7. The first-order valence-corrected chi connectivity index (χ1v) is 10.6. The first-order valence-electron chi connectivity index (χ1n) is 10.6. The van der Waals surface area contributed by atoms with Crippen LogP contribution >= 0.6 is 0 Å². The highest BCUT2D eigenvalue weighted by Gasteiger charge is 1.97. The lowest BCUT2D eigenvalue weighted by Crippen LogP contribution is -2.02. The minimum Gasteiger partial charge on any atom is -0.461 e. The summed E-state index contributed by atoms with van der Waals surface area (Å²) in [5.41, 5.74) is 2.84. The van der Waals surface area contributed by atoms with Crippen molar-refractivity contribution < 1.29 is 9.53 Å². The van der Waals surface area contributed by atoms with Crippen molar-refractivity contribution in [3.05, 3.63) is 23.3 Å². The number of allylic oxidation sites excluding steroid dienone is 3. The molecule has 0 radical (unpaired) electrons. The average Bonchev–Trinajstić information content (AvgIpc) is 2.60. The van der Waals surface area contributed by atoms with Gasteiger partial charge in [-0.2, -0.15) is 0 Å².